The van der Waals surface area contributed by atoms with Gasteiger partial charge in [-0.15, -0.1) is 0 Å². The van der Waals surface area contributed by atoms with Crippen LogP contribution >= 0.6 is 0 Å². The van der Waals surface area contributed by atoms with Gasteiger partial charge in [-0.1, -0.05) is 110 Å². The Kier molecular flexibility index (Phi) is 6.44. The van der Waals surface area contributed by atoms with Gasteiger partial charge in [-0.2, -0.15) is 0 Å². The largest absolute Gasteiger partial charge is 0.309 e. The summed E-state index contributed by atoms with van der Waals surface area (Å²) in [5, 5.41) is 1.19. The fourth-order valence-corrected chi connectivity index (χ4v) is 5.01. The molecule has 0 saturated heterocycles. The molecular formula is C35H28N4. The zero-order valence-corrected chi connectivity index (χ0v) is 22.0. The topological polar surface area (TPSA) is 43.6 Å². The van der Waals surface area contributed by atoms with Crippen LogP contribution in [0.3, 0.4) is 0 Å². The first-order valence-corrected chi connectivity index (χ1v) is 13.0. The lowest BCUT2D eigenvalue weighted by Crippen LogP contribution is -2.02. The van der Waals surface area contributed by atoms with E-state index in [1.807, 2.05) is 67.6 Å². The summed E-state index contributed by atoms with van der Waals surface area (Å²) >= 11 is 0. The summed E-state index contributed by atoms with van der Waals surface area (Å²) in [6.07, 6.45) is 4.24. The molecule has 0 atom stereocenters. The van der Waals surface area contributed by atoms with Crippen LogP contribution in [0.2, 0.25) is 0 Å². The predicted octanol–water partition coefficient (Wildman–Crippen LogP) is 8.88. The van der Waals surface area contributed by atoms with Gasteiger partial charge >= 0.3 is 0 Å². The minimum absolute atomic E-state index is 0.631. The minimum Gasteiger partial charge on any atom is -0.309 e. The van der Waals surface area contributed by atoms with E-state index >= 15 is 0 Å². The fraction of sp³-hybridized carbons (Fsp3) is 0.0571. The van der Waals surface area contributed by atoms with E-state index in [0.29, 0.717) is 17.5 Å². The Bertz CT molecular complexity index is 1770. The van der Waals surface area contributed by atoms with Gasteiger partial charge in [-0.05, 0) is 37.6 Å². The van der Waals surface area contributed by atoms with Crippen molar-refractivity contribution < 1.29 is 0 Å². The molecule has 0 N–H and O–H groups in total. The number of nitrogens with zero attached hydrogens (tertiary/aromatic N) is 4. The van der Waals surface area contributed by atoms with Crippen LogP contribution in [0.1, 0.15) is 25.1 Å². The van der Waals surface area contributed by atoms with E-state index in [4.69, 9.17) is 15.0 Å². The molecule has 0 spiro atoms. The number of benzene rings is 4. The number of aromatic nitrogens is 4. The molecule has 4 nitrogen and oxygen atoms in total. The summed E-state index contributed by atoms with van der Waals surface area (Å²) in [5.74, 6) is 1.93. The number of fused-ring (bicyclic) bond motifs is 1. The van der Waals surface area contributed by atoms with E-state index in [9.17, 15) is 0 Å². The highest BCUT2D eigenvalue weighted by Crippen LogP contribution is 2.35. The first-order chi connectivity index (χ1) is 19.1. The third-order valence-corrected chi connectivity index (χ3v) is 6.71. The molecule has 39 heavy (non-hydrogen) atoms. The highest BCUT2D eigenvalue weighted by molar-refractivity contribution is 5.97. The zero-order valence-electron chi connectivity index (χ0n) is 22.0. The molecule has 2 aromatic heterocycles. The van der Waals surface area contributed by atoms with Crippen LogP contribution in [-0.4, -0.2) is 19.5 Å². The molecule has 0 radical (unpaired) electrons. The van der Waals surface area contributed by atoms with Gasteiger partial charge in [0.05, 0.1) is 11.2 Å². The molecule has 0 saturated carbocycles. The molecule has 6 rings (SSSR count). The number of para-hydroxylation sites is 1. The van der Waals surface area contributed by atoms with Crippen molar-refractivity contribution in [1.29, 1.82) is 0 Å². The molecule has 4 heteroatoms. The number of allylic oxidation sites excluding steroid dienone is 2. The van der Waals surface area contributed by atoms with E-state index in [-0.39, 0.29) is 0 Å². The fourth-order valence-electron chi connectivity index (χ4n) is 5.01. The maximum atomic E-state index is 4.93. The van der Waals surface area contributed by atoms with Crippen molar-refractivity contribution in [2.45, 2.75) is 13.8 Å². The normalized spacial score (nSPS) is 11.3. The lowest BCUT2D eigenvalue weighted by molar-refractivity contribution is 1.06. The quantitative estimate of drug-likeness (QED) is 0.227. The van der Waals surface area contributed by atoms with Gasteiger partial charge in [0.25, 0.3) is 0 Å². The first-order valence-electron chi connectivity index (χ1n) is 13.0. The second-order valence-electron chi connectivity index (χ2n) is 9.48. The van der Waals surface area contributed by atoms with Crippen molar-refractivity contribution in [3.63, 3.8) is 0 Å². The van der Waals surface area contributed by atoms with Crippen molar-refractivity contribution in [3.05, 3.63) is 133 Å². The molecule has 0 aliphatic rings. The molecule has 0 unspecified atom stereocenters. The van der Waals surface area contributed by atoms with Crippen LogP contribution < -0.4 is 0 Å². The second kappa shape index (κ2) is 10.3. The molecule has 188 valence electrons. The van der Waals surface area contributed by atoms with Gasteiger partial charge in [0.2, 0.25) is 0 Å². The summed E-state index contributed by atoms with van der Waals surface area (Å²) in [4.78, 5) is 14.7. The van der Waals surface area contributed by atoms with Crippen molar-refractivity contribution in [2.24, 2.45) is 0 Å². The summed E-state index contributed by atoms with van der Waals surface area (Å²) in [6.45, 7) is 8.44. The van der Waals surface area contributed by atoms with Crippen molar-refractivity contribution in [2.75, 3.05) is 0 Å². The Morgan fingerprint density at radius 2 is 1.21 bits per heavy atom. The van der Waals surface area contributed by atoms with E-state index < -0.39 is 0 Å². The van der Waals surface area contributed by atoms with E-state index in [0.717, 1.165) is 39.2 Å². The molecule has 6 aromatic rings. The van der Waals surface area contributed by atoms with E-state index in [1.165, 1.54) is 10.9 Å². The second-order valence-corrected chi connectivity index (χ2v) is 9.48. The average Bonchev–Trinajstić information content (AvgIpc) is 3.32. The number of hydrogen-bond donors (Lipinski definition) is 0. The summed E-state index contributed by atoms with van der Waals surface area (Å²) in [7, 11) is 0. The van der Waals surface area contributed by atoms with Gasteiger partial charge in [0, 0.05) is 33.3 Å². The van der Waals surface area contributed by atoms with Gasteiger partial charge in [-0.3, -0.25) is 0 Å². The SMILES string of the molecule is C=C(C)c1c(/C=C\C)c2ccccc2n1-c1cccc(-c2nc(-c3ccccc3)nc(-c3ccccc3)n2)c1. The van der Waals surface area contributed by atoms with Gasteiger partial charge < -0.3 is 4.57 Å². The maximum absolute atomic E-state index is 4.93. The molecule has 0 aliphatic heterocycles. The Labute approximate surface area is 228 Å². The molecule has 0 amide bonds. The Morgan fingerprint density at radius 3 is 1.79 bits per heavy atom. The minimum atomic E-state index is 0.631. The van der Waals surface area contributed by atoms with E-state index in [1.54, 1.807) is 0 Å². The lowest BCUT2D eigenvalue weighted by Gasteiger charge is -2.14. The van der Waals surface area contributed by atoms with Crippen molar-refractivity contribution >= 4 is 22.6 Å². The Morgan fingerprint density at radius 1 is 0.667 bits per heavy atom. The van der Waals surface area contributed by atoms with Crippen LogP contribution in [0.15, 0.2) is 122 Å². The summed E-state index contributed by atoms with van der Waals surface area (Å²) < 4.78 is 2.29. The molecule has 4 aromatic carbocycles. The smallest absolute Gasteiger partial charge is 0.164 e. The molecule has 0 fully saturated rings. The molecular weight excluding hydrogens is 476 g/mol. The molecule has 0 bridgehead atoms. The van der Waals surface area contributed by atoms with Crippen LogP contribution in [0.25, 0.3) is 62.4 Å². The van der Waals surface area contributed by atoms with E-state index in [2.05, 4.69) is 78.8 Å². The summed E-state index contributed by atoms with van der Waals surface area (Å²) in [5.41, 5.74) is 8.25. The van der Waals surface area contributed by atoms with Gasteiger partial charge in [0.1, 0.15) is 0 Å². The number of hydrogen-bond acceptors (Lipinski definition) is 3. The Balaban J connectivity index is 1.57. The maximum Gasteiger partial charge on any atom is 0.164 e. The average molecular weight is 505 g/mol. The third-order valence-electron chi connectivity index (χ3n) is 6.71. The monoisotopic (exact) mass is 504 g/mol. The highest BCUT2D eigenvalue weighted by Gasteiger charge is 2.18. The molecule has 2 heterocycles. The van der Waals surface area contributed by atoms with Crippen molar-refractivity contribution in [1.82, 2.24) is 19.5 Å². The lowest BCUT2D eigenvalue weighted by atomic mass is 10.1. The highest BCUT2D eigenvalue weighted by atomic mass is 15.0. The Hall–Kier alpha value is -5.09. The van der Waals surface area contributed by atoms with Crippen LogP contribution in [0.5, 0.6) is 0 Å². The van der Waals surface area contributed by atoms with Crippen LogP contribution in [-0.2, 0) is 0 Å². The summed E-state index contributed by atoms with van der Waals surface area (Å²) in [6, 6.07) is 37.0. The zero-order chi connectivity index (χ0) is 26.8. The molecule has 0 aliphatic carbocycles. The standard InChI is InChI=1S/C35H28N4/c1-4-14-30-29-21-11-12-22-31(29)39(32(30)24(2)3)28-20-13-19-27(23-28)35-37-33(25-15-7-5-8-16-25)36-34(38-35)26-17-9-6-10-18-26/h4-23H,2H2,1,3H3/b14-4-. The van der Waals surface area contributed by atoms with Gasteiger partial charge in [-0.25, -0.2) is 15.0 Å². The van der Waals surface area contributed by atoms with Crippen LogP contribution in [0, 0.1) is 0 Å². The number of rotatable bonds is 6. The first kappa shape index (κ1) is 24.3. The third kappa shape index (κ3) is 4.57. The van der Waals surface area contributed by atoms with Gasteiger partial charge in [0.15, 0.2) is 17.5 Å². The van der Waals surface area contributed by atoms with Crippen molar-refractivity contribution in [3.8, 4) is 39.9 Å². The predicted molar refractivity (Wildman–Crippen MR) is 162 cm³/mol. The van der Waals surface area contributed by atoms with Crippen LogP contribution in [0.4, 0.5) is 0 Å².